The van der Waals surface area contributed by atoms with Gasteiger partial charge in [0.25, 0.3) is 0 Å². The molecule has 0 radical (unpaired) electrons. The van der Waals surface area contributed by atoms with Crippen LogP contribution in [-0.2, 0) is 10.0 Å². The molecular formula is C13H14FNO2S. The molecule has 1 saturated carbocycles. The first kappa shape index (κ1) is 11.9. The molecule has 2 bridgehead atoms. The molecule has 2 aliphatic rings. The van der Waals surface area contributed by atoms with Crippen molar-refractivity contribution < 1.29 is 12.8 Å². The van der Waals surface area contributed by atoms with Crippen LogP contribution in [0.25, 0.3) is 0 Å². The lowest BCUT2D eigenvalue weighted by Gasteiger charge is -2.19. The van der Waals surface area contributed by atoms with E-state index in [-0.39, 0.29) is 10.9 Å². The van der Waals surface area contributed by atoms with Crippen LogP contribution in [0.5, 0.6) is 0 Å². The highest BCUT2D eigenvalue weighted by Gasteiger charge is 2.37. The van der Waals surface area contributed by atoms with E-state index >= 15 is 0 Å². The van der Waals surface area contributed by atoms with Crippen molar-refractivity contribution >= 4 is 10.0 Å². The zero-order valence-electron chi connectivity index (χ0n) is 9.71. The largest absolute Gasteiger partial charge is 0.240 e. The van der Waals surface area contributed by atoms with E-state index in [2.05, 4.69) is 16.9 Å². The van der Waals surface area contributed by atoms with E-state index in [1.165, 1.54) is 12.1 Å². The van der Waals surface area contributed by atoms with E-state index in [0.717, 1.165) is 25.0 Å². The number of halogens is 1. The van der Waals surface area contributed by atoms with Gasteiger partial charge >= 0.3 is 0 Å². The minimum atomic E-state index is -3.53. The lowest BCUT2D eigenvalue weighted by atomic mass is 10.0. The minimum Gasteiger partial charge on any atom is -0.207 e. The van der Waals surface area contributed by atoms with Crippen LogP contribution < -0.4 is 4.72 Å². The summed E-state index contributed by atoms with van der Waals surface area (Å²) in [7, 11) is -3.53. The Hall–Kier alpha value is -1.20. The molecule has 2 aliphatic carbocycles. The molecule has 96 valence electrons. The van der Waals surface area contributed by atoms with Gasteiger partial charge in [0.1, 0.15) is 5.82 Å². The molecule has 3 atom stereocenters. The van der Waals surface area contributed by atoms with Crippen molar-refractivity contribution in [2.24, 2.45) is 11.8 Å². The number of hydrogen-bond donors (Lipinski definition) is 1. The Morgan fingerprint density at radius 1 is 1.11 bits per heavy atom. The summed E-state index contributed by atoms with van der Waals surface area (Å²) in [5, 5.41) is 0. The lowest BCUT2D eigenvalue weighted by Crippen LogP contribution is -2.37. The van der Waals surface area contributed by atoms with Crippen LogP contribution in [0, 0.1) is 17.7 Å². The van der Waals surface area contributed by atoms with Gasteiger partial charge in [0, 0.05) is 6.04 Å². The number of benzene rings is 1. The second kappa shape index (κ2) is 4.17. The van der Waals surface area contributed by atoms with Crippen molar-refractivity contribution in [1.29, 1.82) is 0 Å². The van der Waals surface area contributed by atoms with Gasteiger partial charge in [0.15, 0.2) is 0 Å². The standard InChI is InChI=1S/C13H14FNO2S/c14-11-3-5-12(6-4-11)18(16,17)15-13-8-9-1-2-10(13)7-9/h1-6,9-10,13,15H,7-8H2. The Morgan fingerprint density at radius 2 is 1.83 bits per heavy atom. The fourth-order valence-electron chi connectivity index (χ4n) is 2.80. The number of allylic oxidation sites excluding steroid dienone is 1. The van der Waals surface area contributed by atoms with Crippen LogP contribution in [-0.4, -0.2) is 14.5 Å². The van der Waals surface area contributed by atoms with Crippen molar-refractivity contribution in [3.63, 3.8) is 0 Å². The summed E-state index contributed by atoms with van der Waals surface area (Å²) in [6.45, 7) is 0. The van der Waals surface area contributed by atoms with Gasteiger partial charge in [-0.3, -0.25) is 0 Å². The Kier molecular flexibility index (Phi) is 2.75. The molecule has 3 rings (SSSR count). The Balaban J connectivity index is 1.79. The molecule has 5 heteroatoms. The first-order valence-corrected chi connectivity index (χ1v) is 7.49. The molecule has 1 aromatic carbocycles. The number of hydrogen-bond acceptors (Lipinski definition) is 2. The van der Waals surface area contributed by atoms with Crippen LogP contribution in [0.15, 0.2) is 41.3 Å². The maximum atomic E-state index is 12.8. The second-order valence-corrected chi connectivity index (χ2v) is 6.68. The summed E-state index contributed by atoms with van der Waals surface area (Å²) in [6.07, 6.45) is 6.15. The van der Waals surface area contributed by atoms with Gasteiger partial charge in [-0.1, -0.05) is 12.2 Å². The molecule has 3 nitrogen and oxygen atoms in total. The molecule has 1 N–H and O–H groups in total. The van der Waals surface area contributed by atoms with Gasteiger partial charge in [0.05, 0.1) is 4.90 Å². The number of sulfonamides is 1. The van der Waals surface area contributed by atoms with Gasteiger partial charge in [-0.25, -0.2) is 17.5 Å². The molecule has 0 aromatic heterocycles. The first-order chi connectivity index (χ1) is 8.54. The Morgan fingerprint density at radius 3 is 2.39 bits per heavy atom. The van der Waals surface area contributed by atoms with Crippen LogP contribution >= 0.6 is 0 Å². The van der Waals surface area contributed by atoms with Crippen molar-refractivity contribution in [2.45, 2.75) is 23.8 Å². The van der Waals surface area contributed by atoms with Crippen LogP contribution in [0.1, 0.15) is 12.8 Å². The SMILES string of the molecule is O=S(=O)(NC1CC2C=CC1C2)c1ccc(F)cc1. The third-order valence-corrected chi connectivity index (χ3v) is 5.22. The van der Waals surface area contributed by atoms with E-state index < -0.39 is 15.8 Å². The predicted octanol–water partition coefficient (Wildman–Crippen LogP) is 2.07. The average Bonchev–Trinajstić information content (AvgIpc) is 2.91. The maximum absolute atomic E-state index is 12.8. The molecule has 0 aliphatic heterocycles. The topological polar surface area (TPSA) is 46.2 Å². The molecule has 18 heavy (non-hydrogen) atoms. The van der Waals surface area contributed by atoms with E-state index in [1.807, 2.05) is 0 Å². The smallest absolute Gasteiger partial charge is 0.207 e. The quantitative estimate of drug-likeness (QED) is 0.852. The molecule has 0 heterocycles. The molecule has 1 fully saturated rings. The van der Waals surface area contributed by atoms with Crippen LogP contribution in [0.3, 0.4) is 0 Å². The van der Waals surface area contributed by atoms with E-state index in [4.69, 9.17) is 0 Å². The highest BCUT2D eigenvalue weighted by atomic mass is 32.2. The maximum Gasteiger partial charge on any atom is 0.240 e. The first-order valence-electron chi connectivity index (χ1n) is 6.01. The third-order valence-electron chi connectivity index (χ3n) is 3.71. The van der Waals surface area contributed by atoms with Crippen molar-refractivity contribution in [1.82, 2.24) is 4.72 Å². The predicted molar refractivity (Wildman–Crippen MR) is 65.9 cm³/mol. The number of nitrogens with one attached hydrogen (secondary N) is 1. The van der Waals surface area contributed by atoms with Gasteiger partial charge < -0.3 is 0 Å². The average molecular weight is 267 g/mol. The van der Waals surface area contributed by atoms with Crippen molar-refractivity contribution in [3.05, 3.63) is 42.2 Å². The molecule has 1 aromatic rings. The normalized spacial score (nSPS) is 29.9. The summed E-state index contributed by atoms with van der Waals surface area (Å²) in [6, 6.07) is 4.89. The Labute approximate surface area is 106 Å². The van der Waals surface area contributed by atoms with E-state index in [9.17, 15) is 12.8 Å². The molecular weight excluding hydrogens is 253 g/mol. The summed E-state index contributed by atoms with van der Waals surface area (Å²) < 4.78 is 39.7. The van der Waals surface area contributed by atoms with Crippen molar-refractivity contribution in [3.8, 4) is 0 Å². The second-order valence-electron chi connectivity index (χ2n) is 4.96. The van der Waals surface area contributed by atoms with E-state index in [0.29, 0.717) is 11.8 Å². The number of rotatable bonds is 3. The van der Waals surface area contributed by atoms with Gasteiger partial charge in [0.2, 0.25) is 10.0 Å². The summed E-state index contributed by atoms with van der Waals surface area (Å²) in [5.41, 5.74) is 0. The fraction of sp³-hybridized carbons (Fsp3) is 0.385. The minimum absolute atomic E-state index is 0.0185. The van der Waals surface area contributed by atoms with Gasteiger partial charge in [-0.2, -0.15) is 0 Å². The Bertz CT molecular complexity index is 580. The number of fused-ring (bicyclic) bond motifs is 2. The van der Waals surface area contributed by atoms with Crippen molar-refractivity contribution in [2.75, 3.05) is 0 Å². The van der Waals surface area contributed by atoms with Crippen LogP contribution in [0.4, 0.5) is 4.39 Å². The zero-order valence-corrected chi connectivity index (χ0v) is 10.5. The highest BCUT2D eigenvalue weighted by molar-refractivity contribution is 7.89. The monoisotopic (exact) mass is 267 g/mol. The summed E-state index contributed by atoms with van der Waals surface area (Å²) in [5.74, 6) is 0.387. The van der Waals surface area contributed by atoms with Crippen LogP contribution in [0.2, 0.25) is 0 Å². The molecule has 0 saturated heterocycles. The lowest BCUT2D eigenvalue weighted by molar-refractivity contribution is 0.503. The molecule has 3 unspecified atom stereocenters. The molecule has 0 amide bonds. The van der Waals surface area contributed by atoms with Gasteiger partial charge in [-0.15, -0.1) is 0 Å². The summed E-state index contributed by atoms with van der Waals surface area (Å²) in [4.78, 5) is 0.121. The zero-order chi connectivity index (χ0) is 12.8. The fourth-order valence-corrected chi connectivity index (χ4v) is 4.10. The van der Waals surface area contributed by atoms with Gasteiger partial charge in [-0.05, 0) is 48.9 Å². The molecule has 0 spiro atoms. The third kappa shape index (κ3) is 2.08. The van der Waals surface area contributed by atoms with E-state index in [1.54, 1.807) is 0 Å². The summed E-state index contributed by atoms with van der Waals surface area (Å²) >= 11 is 0. The highest BCUT2D eigenvalue weighted by Crippen LogP contribution is 2.39.